The van der Waals surface area contributed by atoms with E-state index in [4.69, 9.17) is 5.11 Å². The van der Waals surface area contributed by atoms with Gasteiger partial charge in [-0.25, -0.2) is 8.42 Å². The maximum atomic E-state index is 12.8. The SMILES string of the molecule is CC(C)CN(C1CC1)S(=O)(=O)c1cccc(C#CCO)c1. The minimum absolute atomic E-state index is 0.143. The van der Waals surface area contributed by atoms with E-state index in [0.717, 1.165) is 12.8 Å². The van der Waals surface area contributed by atoms with E-state index in [-0.39, 0.29) is 23.5 Å². The van der Waals surface area contributed by atoms with Gasteiger partial charge in [0.25, 0.3) is 0 Å². The van der Waals surface area contributed by atoms with Crippen molar-refractivity contribution in [2.45, 2.75) is 37.6 Å². The van der Waals surface area contributed by atoms with E-state index < -0.39 is 10.0 Å². The molecule has 0 heterocycles. The highest BCUT2D eigenvalue weighted by molar-refractivity contribution is 7.89. The lowest BCUT2D eigenvalue weighted by Crippen LogP contribution is -2.36. The van der Waals surface area contributed by atoms with Gasteiger partial charge < -0.3 is 5.11 Å². The molecule has 1 aliphatic rings. The van der Waals surface area contributed by atoms with E-state index in [2.05, 4.69) is 11.8 Å². The second-order valence-electron chi connectivity index (χ2n) is 5.69. The van der Waals surface area contributed by atoms with E-state index in [9.17, 15) is 8.42 Å². The predicted octanol–water partition coefficient (Wildman–Crippen LogP) is 1.84. The second-order valence-corrected chi connectivity index (χ2v) is 7.58. The molecule has 0 spiro atoms. The molecule has 21 heavy (non-hydrogen) atoms. The van der Waals surface area contributed by atoms with Gasteiger partial charge in [0.2, 0.25) is 10.0 Å². The Hall–Kier alpha value is -1.35. The van der Waals surface area contributed by atoms with Crippen molar-refractivity contribution in [1.29, 1.82) is 0 Å². The Morgan fingerprint density at radius 1 is 1.38 bits per heavy atom. The van der Waals surface area contributed by atoms with Crippen LogP contribution in [0.3, 0.4) is 0 Å². The first-order valence-corrected chi connectivity index (χ1v) is 8.61. The molecular formula is C16H21NO3S. The lowest BCUT2D eigenvalue weighted by atomic mass is 10.2. The summed E-state index contributed by atoms with van der Waals surface area (Å²) in [4.78, 5) is 0.278. The Labute approximate surface area is 126 Å². The molecule has 0 amide bonds. The van der Waals surface area contributed by atoms with E-state index in [0.29, 0.717) is 12.1 Å². The predicted molar refractivity (Wildman–Crippen MR) is 82.2 cm³/mol. The van der Waals surface area contributed by atoms with E-state index >= 15 is 0 Å². The number of nitrogens with zero attached hydrogens (tertiary/aromatic N) is 1. The molecule has 1 N–H and O–H groups in total. The molecule has 1 fully saturated rings. The number of aliphatic hydroxyl groups is 1. The smallest absolute Gasteiger partial charge is 0.243 e. The zero-order valence-electron chi connectivity index (χ0n) is 12.4. The molecule has 1 aromatic rings. The molecule has 0 bridgehead atoms. The first kappa shape index (κ1) is 16.0. The van der Waals surface area contributed by atoms with Gasteiger partial charge in [0.1, 0.15) is 6.61 Å². The maximum absolute atomic E-state index is 12.8. The first-order valence-electron chi connectivity index (χ1n) is 7.17. The monoisotopic (exact) mass is 307 g/mol. The third-order valence-corrected chi connectivity index (χ3v) is 5.17. The van der Waals surface area contributed by atoms with Crippen molar-refractivity contribution in [2.75, 3.05) is 13.2 Å². The molecule has 0 radical (unpaired) electrons. The third kappa shape index (κ3) is 4.07. The van der Waals surface area contributed by atoms with Crippen LogP contribution in [0.15, 0.2) is 29.2 Å². The molecule has 0 unspecified atom stereocenters. The highest BCUT2D eigenvalue weighted by Crippen LogP contribution is 2.32. The number of hydrogen-bond donors (Lipinski definition) is 1. The van der Waals surface area contributed by atoms with Crippen LogP contribution in [-0.4, -0.2) is 37.0 Å². The Morgan fingerprint density at radius 3 is 2.67 bits per heavy atom. The van der Waals surface area contributed by atoms with Crippen molar-refractivity contribution >= 4 is 10.0 Å². The highest BCUT2D eigenvalue weighted by Gasteiger charge is 2.38. The summed E-state index contributed by atoms with van der Waals surface area (Å²) in [5, 5.41) is 8.73. The van der Waals surface area contributed by atoms with Crippen LogP contribution < -0.4 is 0 Å². The van der Waals surface area contributed by atoms with E-state index in [1.807, 2.05) is 13.8 Å². The van der Waals surface area contributed by atoms with Gasteiger partial charge in [-0.3, -0.25) is 0 Å². The molecule has 1 aromatic carbocycles. The molecule has 0 saturated heterocycles. The summed E-state index contributed by atoms with van der Waals surface area (Å²) < 4.78 is 27.2. The Balaban J connectivity index is 2.33. The third-order valence-electron chi connectivity index (χ3n) is 3.25. The number of hydrogen-bond acceptors (Lipinski definition) is 3. The molecule has 114 valence electrons. The quantitative estimate of drug-likeness (QED) is 0.845. The van der Waals surface area contributed by atoms with Gasteiger partial charge in [-0.05, 0) is 37.0 Å². The van der Waals surface area contributed by atoms with Crippen molar-refractivity contribution in [3.8, 4) is 11.8 Å². The molecule has 0 aromatic heterocycles. The molecule has 2 rings (SSSR count). The molecule has 0 atom stereocenters. The zero-order valence-corrected chi connectivity index (χ0v) is 13.2. The standard InChI is InChI=1S/C16H21NO3S/c1-13(2)12-17(15-8-9-15)21(19,20)16-7-3-5-14(11-16)6-4-10-18/h3,5,7,11,13,15,18H,8-10,12H2,1-2H3. The molecule has 4 nitrogen and oxygen atoms in total. The summed E-state index contributed by atoms with van der Waals surface area (Å²) in [6.45, 7) is 4.35. The Morgan fingerprint density at radius 2 is 2.10 bits per heavy atom. The van der Waals surface area contributed by atoms with Gasteiger partial charge in [0, 0.05) is 18.2 Å². The van der Waals surface area contributed by atoms with Gasteiger partial charge >= 0.3 is 0 Å². The van der Waals surface area contributed by atoms with Gasteiger partial charge in [-0.1, -0.05) is 31.8 Å². The lowest BCUT2D eigenvalue weighted by Gasteiger charge is -2.23. The van der Waals surface area contributed by atoms with Crippen molar-refractivity contribution < 1.29 is 13.5 Å². The van der Waals surface area contributed by atoms with E-state index in [1.54, 1.807) is 28.6 Å². The molecule has 1 aliphatic carbocycles. The minimum Gasteiger partial charge on any atom is -0.384 e. The summed E-state index contributed by atoms with van der Waals surface area (Å²) >= 11 is 0. The molecular weight excluding hydrogens is 286 g/mol. The molecule has 5 heteroatoms. The van der Waals surface area contributed by atoms with Crippen LogP contribution in [0.1, 0.15) is 32.3 Å². The summed E-state index contributed by atoms with van der Waals surface area (Å²) in [5.41, 5.74) is 0.602. The van der Waals surface area contributed by atoms with Crippen LogP contribution >= 0.6 is 0 Å². The summed E-state index contributed by atoms with van der Waals surface area (Å²) in [6, 6.07) is 6.76. The largest absolute Gasteiger partial charge is 0.384 e. The first-order chi connectivity index (χ1) is 9.95. The van der Waals surface area contributed by atoms with Crippen molar-refractivity contribution in [1.82, 2.24) is 4.31 Å². The fraction of sp³-hybridized carbons (Fsp3) is 0.500. The van der Waals surface area contributed by atoms with Gasteiger partial charge in [0.15, 0.2) is 0 Å². The number of sulfonamides is 1. The molecule has 0 aliphatic heterocycles. The van der Waals surface area contributed by atoms with Crippen LogP contribution in [0, 0.1) is 17.8 Å². The fourth-order valence-electron chi connectivity index (χ4n) is 2.18. The van der Waals surface area contributed by atoms with Crippen LogP contribution in [-0.2, 0) is 10.0 Å². The van der Waals surface area contributed by atoms with Gasteiger partial charge in [-0.2, -0.15) is 4.31 Å². The van der Waals surface area contributed by atoms with Crippen LogP contribution in [0.25, 0.3) is 0 Å². The van der Waals surface area contributed by atoms with Crippen molar-refractivity contribution in [3.05, 3.63) is 29.8 Å². The van der Waals surface area contributed by atoms with E-state index in [1.165, 1.54) is 0 Å². The van der Waals surface area contributed by atoms with Gasteiger partial charge in [0.05, 0.1) is 4.90 Å². The summed E-state index contributed by atoms with van der Waals surface area (Å²) in [5.74, 6) is 5.57. The lowest BCUT2D eigenvalue weighted by molar-refractivity contribution is 0.350. The van der Waals surface area contributed by atoms with Crippen molar-refractivity contribution in [3.63, 3.8) is 0 Å². The average Bonchev–Trinajstić information content (AvgIpc) is 3.27. The fourth-order valence-corrected chi connectivity index (χ4v) is 4.07. The summed E-state index contributed by atoms with van der Waals surface area (Å²) in [7, 11) is -3.48. The minimum atomic E-state index is -3.48. The molecule has 1 saturated carbocycles. The van der Waals surface area contributed by atoms with Crippen LogP contribution in [0.4, 0.5) is 0 Å². The zero-order chi connectivity index (χ0) is 15.5. The van der Waals surface area contributed by atoms with Gasteiger partial charge in [-0.15, -0.1) is 0 Å². The number of aliphatic hydroxyl groups excluding tert-OH is 1. The Bertz CT molecular complexity index is 652. The second kappa shape index (κ2) is 6.61. The normalized spacial score (nSPS) is 15.1. The van der Waals surface area contributed by atoms with Crippen molar-refractivity contribution in [2.24, 2.45) is 5.92 Å². The van der Waals surface area contributed by atoms with Crippen LogP contribution in [0.2, 0.25) is 0 Å². The summed E-state index contributed by atoms with van der Waals surface area (Å²) in [6.07, 6.45) is 1.88. The Kier molecular flexibility index (Phi) is 5.04. The topological polar surface area (TPSA) is 57.6 Å². The van der Waals surface area contributed by atoms with Crippen LogP contribution in [0.5, 0.6) is 0 Å². The number of rotatable bonds is 5. The average molecular weight is 307 g/mol. The maximum Gasteiger partial charge on any atom is 0.243 e. The number of benzene rings is 1. The highest BCUT2D eigenvalue weighted by atomic mass is 32.2.